The minimum atomic E-state index is -2.60. The Balaban J connectivity index is 1.67. The Hall–Kier alpha value is -3.62. The van der Waals surface area contributed by atoms with Crippen molar-refractivity contribution in [2.24, 2.45) is 7.05 Å². The van der Waals surface area contributed by atoms with Crippen LogP contribution in [0, 0.1) is 0 Å². The standard InChI is InChI=1S/C18H14F2N6O/c1-26-17(21-9-22-26)18(27)23-10-6-7-13-14(8-10)25-16(24-13)12-5-3-2-4-11(12)15(19)20/h2-9,15H,1H3,(H,23,27)(H,24,25). The van der Waals surface area contributed by atoms with Gasteiger partial charge in [-0.3, -0.25) is 4.79 Å². The lowest BCUT2D eigenvalue weighted by molar-refractivity contribution is 0.101. The summed E-state index contributed by atoms with van der Waals surface area (Å²) in [5, 5.41) is 6.58. The molecule has 0 atom stereocenters. The Bertz CT molecular complexity index is 1130. The number of carbonyl (C=O) groups is 1. The molecule has 136 valence electrons. The number of rotatable bonds is 4. The zero-order valence-electron chi connectivity index (χ0n) is 14.1. The highest BCUT2D eigenvalue weighted by Crippen LogP contribution is 2.31. The van der Waals surface area contributed by atoms with Crippen molar-refractivity contribution in [2.45, 2.75) is 6.43 Å². The maximum atomic E-state index is 13.2. The number of imidazole rings is 1. The van der Waals surface area contributed by atoms with Crippen molar-refractivity contribution in [3.63, 3.8) is 0 Å². The third kappa shape index (κ3) is 3.14. The molecular formula is C18H14F2N6O. The quantitative estimate of drug-likeness (QED) is 0.577. The van der Waals surface area contributed by atoms with Crippen molar-refractivity contribution in [3.8, 4) is 11.4 Å². The number of anilines is 1. The van der Waals surface area contributed by atoms with Crippen molar-refractivity contribution in [2.75, 3.05) is 5.32 Å². The number of alkyl halides is 2. The fourth-order valence-corrected chi connectivity index (χ4v) is 2.81. The van der Waals surface area contributed by atoms with Crippen LogP contribution in [-0.4, -0.2) is 30.6 Å². The van der Waals surface area contributed by atoms with Crippen LogP contribution in [0.1, 0.15) is 22.6 Å². The van der Waals surface area contributed by atoms with Gasteiger partial charge in [-0.15, -0.1) is 0 Å². The molecule has 0 unspecified atom stereocenters. The topological polar surface area (TPSA) is 88.5 Å². The summed E-state index contributed by atoms with van der Waals surface area (Å²) in [5.74, 6) is 0.112. The molecule has 2 heterocycles. The van der Waals surface area contributed by atoms with Gasteiger partial charge in [-0.2, -0.15) is 5.10 Å². The normalized spacial score (nSPS) is 11.3. The number of aryl methyl sites for hydroxylation is 1. The molecule has 4 rings (SSSR count). The summed E-state index contributed by atoms with van der Waals surface area (Å²) < 4.78 is 27.8. The highest BCUT2D eigenvalue weighted by molar-refractivity contribution is 6.02. The predicted molar refractivity (Wildman–Crippen MR) is 95.4 cm³/mol. The minimum Gasteiger partial charge on any atom is -0.338 e. The number of benzene rings is 2. The Morgan fingerprint density at radius 2 is 2.04 bits per heavy atom. The number of aromatic amines is 1. The summed E-state index contributed by atoms with van der Waals surface area (Å²) >= 11 is 0. The molecule has 0 bridgehead atoms. The van der Waals surface area contributed by atoms with Gasteiger partial charge in [0.2, 0.25) is 5.82 Å². The van der Waals surface area contributed by atoms with Crippen LogP contribution in [0.2, 0.25) is 0 Å². The van der Waals surface area contributed by atoms with Crippen LogP contribution in [-0.2, 0) is 7.05 Å². The van der Waals surface area contributed by atoms with Crippen LogP contribution in [0.4, 0.5) is 14.5 Å². The van der Waals surface area contributed by atoms with Gasteiger partial charge in [-0.1, -0.05) is 24.3 Å². The summed E-state index contributed by atoms with van der Waals surface area (Å²) in [6.07, 6.45) is -1.31. The van der Waals surface area contributed by atoms with Gasteiger partial charge in [-0.25, -0.2) is 23.4 Å². The zero-order valence-corrected chi connectivity index (χ0v) is 14.1. The SMILES string of the molecule is Cn1ncnc1C(=O)Nc1ccc2nc(-c3ccccc3C(F)F)[nH]c2c1. The second-order valence-electron chi connectivity index (χ2n) is 5.87. The van der Waals surface area contributed by atoms with Crippen molar-refractivity contribution in [1.82, 2.24) is 24.7 Å². The molecule has 0 saturated carbocycles. The van der Waals surface area contributed by atoms with Gasteiger partial charge in [0.25, 0.3) is 12.3 Å². The van der Waals surface area contributed by atoms with E-state index in [4.69, 9.17) is 0 Å². The third-order valence-corrected chi connectivity index (χ3v) is 4.11. The van der Waals surface area contributed by atoms with E-state index in [1.165, 1.54) is 17.1 Å². The van der Waals surface area contributed by atoms with Crippen LogP contribution in [0.25, 0.3) is 22.4 Å². The number of carbonyl (C=O) groups excluding carboxylic acids is 1. The molecule has 0 fully saturated rings. The number of fused-ring (bicyclic) bond motifs is 1. The molecule has 0 radical (unpaired) electrons. The van der Waals surface area contributed by atoms with Crippen LogP contribution in [0.3, 0.4) is 0 Å². The molecule has 0 spiro atoms. The van der Waals surface area contributed by atoms with E-state index in [2.05, 4.69) is 25.4 Å². The molecule has 7 nitrogen and oxygen atoms in total. The molecule has 2 N–H and O–H groups in total. The van der Waals surface area contributed by atoms with E-state index in [1.807, 2.05) is 0 Å². The number of halogens is 2. The highest BCUT2D eigenvalue weighted by atomic mass is 19.3. The van der Waals surface area contributed by atoms with Gasteiger partial charge in [0.1, 0.15) is 12.2 Å². The first-order valence-corrected chi connectivity index (χ1v) is 8.05. The third-order valence-electron chi connectivity index (χ3n) is 4.11. The zero-order chi connectivity index (χ0) is 19.0. The summed E-state index contributed by atoms with van der Waals surface area (Å²) in [7, 11) is 1.62. The van der Waals surface area contributed by atoms with E-state index >= 15 is 0 Å². The predicted octanol–water partition coefficient (Wildman–Crippen LogP) is 3.55. The van der Waals surface area contributed by atoms with Crippen LogP contribution >= 0.6 is 0 Å². The molecule has 0 aliphatic rings. The molecule has 0 aliphatic heterocycles. The molecule has 2 aromatic heterocycles. The smallest absolute Gasteiger partial charge is 0.293 e. The molecule has 9 heteroatoms. The number of nitrogens with zero attached hydrogens (tertiary/aromatic N) is 4. The van der Waals surface area contributed by atoms with Gasteiger partial charge < -0.3 is 10.3 Å². The lowest BCUT2D eigenvalue weighted by Gasteiger charge is -2.05. The van der Waals surface area contributed by atoms with Gasteiger partial charge in [-0.05, 0) is 18.2 Å². The molecule has 2 aromatic carbocycles. The van der Waals surface area contributed by atoms with E-state index < -0.39 is 12.3 Å². The lowest BCUT2D eigenvalue weighted by Crippen LogP contribution is -2.17. The lowest BCUT2D eigenvalue weighted by atomic mass is 10.1. The molecular weight excluding hydrogens is 354 g/mol. The molecule has 1 amide bonds. The summed E-state index contributed by atoms with van der Waals surface area (Å²) in [5.41, 5.74) is 1.99. The maximum Gasteiger partial charge on any atom is 0.293 e. The fourth-order valence-electron chi connectivity index (χ4n) is 2.81. The maximum absolute atomic E-state index is 13.2. The highest BCUT2D eigenvalue weighted by Gasteiger charge is 2.17. The number of hydrogen-bond donors (Lipinski definition) is 2. The van der Waals surface area contributed by atoms with Crippen molar-refractivity contribution in [1.29, 1.82) is 0 Å². The summed E-state index contributed by atoms with van der Waals surface area (Å²) in [6, 6.07) is 11.3. The van der Waals surface area contributed by atoms with E-state index in [0.717, 1.165) is 0 Å². The number of H-pyrrole nitrogens is 1. The molecule has 4 aromatic rings. The summed E-state index contributed by atoms with van der Waals surface area (Å²) in [6.45, 7) is 0. The summed E-state index contributed by atoms with van der Waals surface area (Å²) in [4.78, 5) is 23.5. The second-order valence-corrected chi connectivity index (χ2v) is 5.87. The Morgan fingerprint density at radius 3 is 2.78 bits per heavy atom. The number of aromatic nitrogens is 5. The van der Waals surface area contributed by atoms with E-state index in [1.54, 1.807) is 43.4 Å². The average Bonchev–Trinajstić information content (AvgIpc) is 3.27. The van der Waals surface area contributed by atoms with Gasteiger partial charge in [0, 0.05) is 23.9 Å². The van der Waals surface area contributed by atoms with Gasteiger partial charge in [0.15, 0.2) is 0 Å². The molecule has 0 saturated heterocycles. The number of nitrogens with one attached hydrogen (secondary N) is 2. The Morgan fingerprint density at radius 1 is 1.22 bits per heavy atom. The first-order valence-electron chi connectivity index (χ1n) is 8.05. The van der Waals surface area contributed by atoms with Crippen molar-refractivity contribution in [3.05, 3.63) is 60.2 Å². The largest absolute Gasteiger partial charge is 0.338 e. The second kappa shape index (κ2) is 6.60. The van der Waals surface area contributed by atoms with Crippen molar-refractivity contribution < 1.29 is 13.6 Å². The Labute approximate surface area is 152 Å². The van der Waals surface area contributed by atoms with Crippen LogP contribution < -0.4 is 5.32 Å². The Kier molecular flexibility index (Phi) is 4.11. The molecule has 27 heavy (non-hydrogen) atoms. The van der Waals surface area contributed by atoms with Crippen LogP contribution in [0.15, 0.2) is 48.8 Å². The number of hydrogen-bond acceptors (Lipinski definition) is 4. The first-order chi connectivity index (χ1) is 13.0. The van der Waals surface area contributed by atoms with Gasteiger partial charge in [0.05, 0.1) is 11.0 Å². The van der Waals surface area contributed by atoms with Crippen LogP contribution in [0.5, 0.6) is 0 Å². The average molecular weight is 368 g/mol. The number of amides is 1. The van der Waals surface area contributed by atoms with E-state index in [0.29, 0.717) is 28.1 Å². The van der Waals surface area contributed by atoms with E-state index in [9.17, 15) is 13.6 Å². The fraction of sp³-hybridized carbons (Fsp3) is 0.111. The monoisotopic (exact) mass is 368 g/mol. The van der Waals surface area contributed by atoms with Gasteiger partial charge >= 0.3 is 0 Å². The first kappa shape index (κ1) is 16.8. The minimum absolute atomic E-state index is 0.0904. The molecule has 0 aliphatic carbocycles. The van der Waals surface area contributed by atoms with Crippen molar-refractivity contribution >= 4 is 22.6 Å². The van der Waals surface area contributed by atoms with E-state index in [-0.39, 0.29) is 11.4 Å².